The maximum absolute atomic E-state index is 10.1. The van der Waals surface area contributed by atoms with E-state index in [1.54, 1.807) is 0 Å². The van der Waals surface area contributed by atoms with E-state index >= 15 is 0 Å². The van der Waals surface area contributed by atoms with Crippen molar-refractivity contribution in [3.8, 4) is 0 Å². The number of hydrogen-bond donors (Lipinski definition) is 4. The zero-order valence-corrected chi connectivity index (χ0v) is 10.7. The van der Waals surface area contributed by atoms with Crippen LogP contribution in [0.5, 0.6) is 0 Å². The van der Waals surface area contributed by atoms with Gasteiger partial charge in [0.1, 0.15) is 6.10 Å². The van der Waals surface area contributed by atoms with E-state index in [0.29, 0.717) is 0 Å². The van der Waals surface area contributed by atoms with E-state index in [1.807, 2.05) is 20.8 Å². The molecule has 5 heteroatoms. The van der Waals surface area contributed by atoms with Gasteiger partial charge >= 0.3 is 0 Å². The molecule has 17 heavy (non-hydrogen) atoms. The third kappa shape index (κ3) is 2.63. The van der Waals surface area contributed by atoms with Gasteiger partial charge in [0.2, 0.25) is 0 Å². The molecule has 1 aliphatic rings. The molecule has 1 fully saturated rings. The molecule has 5 unspecified atom stereocenters. The molecule has 5 atom stereocenters. The summed E-state index contributed by atoms with van der Waals surface area (Å²) in [7, 11) is 0. The predicted molar refractivity (Wildman–Crippen MR) is 62.2 cm³/mol. The Morgan fingerprint density at radius 2 is 1.59 bits per heavy atom. The summed E-state index contributed by atoms with van der Waals surface area (Å²) in [5, 5.41) is 38.5. The van der Waals surface area contributed by atoms with Gasteiger partial charge < -0.3 is 25.2 Å². The second-order valence-electron chi connectivity index (χ2n) is 5.12. The van der Waals surface area contributed by atoms with E-state index in [2.05, 4.69) is 0 Å². The Bertz CT molecular complexity index is 239. The zero-order chi connectivity index (χ0) is 13.2. The molecule has 0 aliphatic carbocycles. The Kier molecular flexibility index (Phi) is 4.92. The molecular weight excluding hydrogens is 224 g/mol. The van der Waals surface area contributed by atoms with Crippen LogP contribution in [0.3, 0.4) is 0 Å². The number of rotatable bonds is 4. The molecule has 0 saturated carbocycles. The van der Waals surface area contributed by atoms with Gasteiger partial charge in [0, 0.05) is 5.92 Å². The molecule has 102 valence electrons. The van der Waals surface area contributed by atoms with E-state index in [-0.39, 0.29) is 17.9 Å². The minimum absolute atomic E-state index is 0.242. The molecule has 0 aromatic heterocycles. The number of aliphatic hydroxyl groups is 4. The van der Waals surface area contributed by atoms with Gasteiger partial charge in [-0.1, -0.05) is 33.6 Å². The fraction of sp³-hybridized carbons (Fsp3) is 1.00. The molecule has 4 N–H and O–H groups in total. The molecule has 1 rings (SSSR count). The summed E-state index contributed by atoms with van der Waals surface area (Å²) < 4.78 is 5.18. The van der Waals surface area contributed by atoms with Crippen LogP contribution in [-0.2, 0) is 4.74 Å². The van der Waals surface area contributed by atoms with Crippen molar-refractivity contribution in [3.05, 3.63) is 0 Å². The van der Waals surface area contributed by atoms with Crippen LogP contribution in [0.2, 0.25) is 0 Å². The quantitative estimate of drug-likeness (QED) is 0.556. The molecule has 5 nitrogen and oxygen atoms in total. The lowest BCUT2D eigenvalue weighted by atomic mass is 9.66. The maximum atomic E-state index is 10.1. The molecular formula is C12H24O5. The highest BCUT2D eigenvalue weighted by Gasteiger charge is 2.50. The Morgan fingerprint density at radius 1 is 1.06 bits per heavy atom. The van der Waals surface area contributed by atoms with Crippen molar-refractivity contribution in [2.75, 3.05) is 6.61 Å². The van der Waals surface area contributed by atoms with Crippen molar-refractivity contribution in [1.82, 2.24) is 0 Å². The summed E-state index contributed by atoms with van der Waals surface area (Å²) in [6, 6.07) is 0. The lowest BCUT2D eigenvalue weighted by Crippen LogP contribution is -2.59. The Balaban J connectivity index is 2.99. The molecule has 0 spiro atoms. The first-order valence-corrected chi connectivity index (χ1v) is 6.21. The van der Waals surface area contributed by atoms with Crippen molar-refractivity contribution < 1.29 is 25.2 Å². The van der Waals surface area contributed by atoms with Gasteiger partial charge in [-0.15, -0.1) is 0 Å². The SMILES string of the molecule is CCC(C)(CC)C1C(CO)OC(O)C(O)C1O. The van der Waals surface area contributed by atoms with E-state index in [9.17, 15) is 20.4 Å². The van der Waals surface area contributed by atoms with Crippen LogP contribution < -0.4 is 0 Å². The summed E-state index contributed by atoms with van der Waals surface area (Å²) in [5.74, 6) is -0.388. The van der Waals surface area contributed by atoms with Crippen molar-refractivity contribution in [2.45, 2.75) is 58.2 Å². The fourth-order valence-electron chi connectivity index (χ4n) is 2.68. The summed E-state index contributed by atoms with van der Waals surface area (Å²) >= 11 is 0. The highest BCUT2D eigenvalue weighted by atomic mass is 16.6. The maximum Gasteiger partial charge on any atom is 0.183 e. The average Bonchev–Trinajstić information content (AvgIpc) is 2.34. The van der Waals surface area contributed by atoms with Crippen molar-refractivity contribution in [3.63, 3.8) is 0 Å². The second-order valence-corrected chi connectivity index (χ2v) is 5.12. The van der Waals surface area contributed by atoms with Crippen molar-refractivity contribution in [2.24, 2.45) is 11.3 Å². The molecule has 0 radical (unpaired) electrons. The van der Waals surface area contributed by atoms with E-state index in [1.165, 1.54) is 0 Å². The number of hydrogen-bond acceptors (Lipinski definition) is 5. The first-order chi connectivity index (χ1) is 7.91. The minimum Gasteiger partial charge on any atom is -0.394 e. The van der Waals surface area contributed by atoms with Gasteiger partial charge in [0.15, 0.2) is 6.29 Å². The topological polar surface area (TPSA) is 90.2 Å². The number of ether oxygens (including phenoxy) is 1. The minimum atomic E-state index is -1.43. The van der Waals surface area contributed by atoms with Gasteiger partial charge in [-0.05, 0) is 5.41 Å². The monoisotopic (exact) mass is 248 g/mol. The highest BCUT2D eigenvalue weighted by molar-refractivity contribution is 4.96. The van der Waals surface area contributed by atoms with Crippen LogP contribution in [0.25, 0.3) is 0 Å². The first-order valence-electron chi connectivity index (χ1n) is 6.21. The van der Waals surface area contributed by atoms with E-state index in [0.717, 1.165) is 12.8 Å². The van der Waals surface area contributed by atoms with Crippen LogP contribution in [-0.4, -0.2) is 51.6 Å². The lowest BCUT2D eigenvalue weighted by molar-refractivity contribution is -0.289. The third-order valence-corrected chi connectivity index (χ3v) is 4.32. The Morgan fingerprint density at radius 3 is 2.00 bits per heavy atom. The predicted octanol–water partition coefficient (Wildman–Crippen LogP) is -0.140. The van der Waals surface area contributed by atoms with Crippen molar-refractivity contribution in [1.29, 1.82) is 0 Å². The molecule has 0 bridgehead atoms. The smallest absolute Gasteiger partial charge is 0.183 e. The van der Waals surface area contributed by atoms with Gasteiger partial charge in [-0.3, -0.25) is 0 Å². The van der Waals surface area contributed by atoms with Crippen LogP contribution in [0.4, 0.5) is 0 Å². The van der Waals surface area contributed by atoms with Crippen LogP contribution in [0, 0.1) is 11.3 Å². The highest BCUT2D eigenvalue weighted by Crippen LogP contribution is 2.43. The number of aliphatic hydroxyl groups excluding tert-OH is 4. The fourth-order valence-corrected chi connectivity index (χ4v) is 2.68. The standard InChI is InChI=1S/C12H24O5/c1-4-12(3,5-2)8-7(6-13)17-11(16)10(15)9(8)14/h7-11,13-16H,4-6H2,1-3H3. The molecule has 1 saturated heterocycles. The molecule has 0 aromatic carbocycles. The molecule has 0 amide bonds. The average molecular weight is 248 g/mol. The lowest BCUT2D eigenvalue weighted by Gasteiger charge is -2.48. The first kappa shape index (κ1) is 14.9. The van der Waals surface area contributed by atoms with Gasteiger partial charge in [0.05, 0.1) is 18.8 Å². The molecule has 0 aromatic rings. The summed E-state index contributed by atoms with van der Waals surface area (Å²) in [5.41, 5.74) is -0.242. The summed E-state index contributed by atoms with van der Waals surface area (Å²) in [6.07, 6.45) is -2.88. The largest absolute Gasteiger partial charge is 0.394 e. The molecule has 1 aliphatic heterocycles. The zero-order valence-electron chi connectivity index (χ0n) is 10.7. The molecule has 1 heterocycles. The van der Waals surface area contributed by atoms with Gasteiger partial charge in [-0.25, -0.2) is 0 Å². The third-order valence-electron chi connectivity index (χ3n) is 4.32. The van der Waals surface area contributed by atoms with Crippen LogP contribution in [0.1, 0.15) is 33.6 Å². The Labute approximate surface area is 102 Å². The van der Waals surface area contributed by atoms with Gasteiger partial charge in [0.25, 0.3) is 0 Å². The second kappa shape index (κ2) is 5.63. The Hall–Kier alpha value is -0.200. The van der Waals surface area contributed by atoms with E-state index < -0.39 is 24.6 Å². The summed E-state index contributed by atoms with van der Waals surface area (Å²) in [4.78, 5) is 0. The summed E-state index contributed by atoms with van der Waals surface area (Å²) in [6.45, 7) is 5.72. The van der Waals surface area contributed by atoms with Crippen LogP contribution in [0.15, 0.2) is 0 Å². The van der Waals surface area contributed by atoms with Crippen molar-refractivity contribution >= 4 is 0 Å². The van der Waals surface area contributed by atoms with Gasteiger partial charge in [-0.2, -0.15) is 0 Å². The van der Waals surface area contributed by atoms with E-state index in [4.69, 9.17) is 4.74 Å². The van der Waals surface area contributed by atoms with Crippen LogP contribution >= 0.6 is 0 Å². The normalized spacial score (nSPS) is 39.4.